The normalized spacial score (nSPS) is 10.9. The molecule has 0 atom stereocenters. The second-order valence-corrected chi connectivity index (χ2v) is 5.61. The van der Waals surface area contributed by atoms with Crippen LogP contribution in [0, 0.1) is 6.92 Å². The molecule has 0 fully saturated rings. The van der Waals surface area contributed by atoms with E-state index < -0.39 is 0 Å². The lowest BCUT2D eigenvalue weighted by molar-refractivity contribution is 0.101. The van der Waals surface area contributed by atoms with Crippen LogP contribution in [0.2, 0.25) is 0 Å². The Hall–Kier alpha value is -2.28. The summed E-state index contributed by atoms with van der Waals surface area (Å²) in [4.78, 5) is 20.5. The smallest absolute Gasteiger partial charge is 0.213 e. The van der Waals surface area contributed by atoms with E-state index in [1.165, 1.54) is 20.2 Å². The van der Waals surface area contributed by atoms with E-state index >= 15 is 0 Å². The van der Waals surface area contributed by atoms with Crippen LogP contribution in [0.25, 0.3) is 22.2 Å². The van der Waals surface area contributed by atoms with Crippen LogP contribution >= 0.6 is 15.9 Å². The zero-order valence-corrected chi connectivity index (χ0v) is 13.9. The van der Waals surface area contributed by atoms with Crippen molar-refractivity contribution < 1.29 is 9.53 Å². The van der Waals surface area contributed by atoms with Gasteiger partial charge in [0, 0.05) is 28.8 Å². The van der Waals surface area contributed by atoms with Crippen molar-refractivity contribution in [1.29, 1.82) is 0 Å². The summed E-state index contributed by atoms with van der Waals surface area (Å²) in [6.07, 6.45) is 1.52. The number of carbonyl (C=O) groups excluding carboxylic acids is 1. The molecular weight excluding hydrogens is 348 g/mol. The first-order chi connectivity index (χ1) is 10.5. The van der Waals surface area contributed by atoms with Crippen LogP contribution in [-0.2, 0) is 0 Å². The summed E-state index contributed by atoms with van der Waals surface area (Å²) in [5.41, 5.74) is 3.54. The Morgan fingerprint density at radius 3 is 2.82 bits per heavy atom. The lowest BCUT2D eigenvalue weighted by Gasteiger charge is -2.09. The summed E-state index contributed by atoms with van der Waals surface area (Å²) in [7, 11) is 1.54. The number of H-pyrrole nitrogens is 1. The molecule has 0 saturated heterocycles. The predicted molar refractivity (Wildman–Crippen MR) is 86.1 cm³/mol. The molecule has 0 aliphatic rings. The van der Waals surface area contributed by atoms with E-state index in [9.17, 15) is 4.79 Å². The molecule has 112 valence electrons. The molecular formula is C15H13BrN4O2. The number of aryl methyl sites for hydroxylation is 1. The van der Waals surface area contributed by atoms with E-state index in [1.54, 1.807) is 6.07 Å². The molecule has 0 unspecified atom stereocenters. The Morgan fingerprint density at radius 2 is 2.14 bits per heavy atom. The van der Waals surface area contributed by atoms with Crippen LogP contribution in [0.1, 0.15) is 23.0 Å². The third kappa shape index (κ3) is 2.37. The minimum absolute atomic E-state index is 0.0732. The highest BCUT2D eigenvalue weighted by atomic mass is 79.9. The number of nitrogens with zero attached hydrogens (tertiary/aromatic N) is 3. The molecule has 3 heterocycles. The molecule has 3 aromatic rings. The maximum absolute atomic E-state index is 11.9. The molecule has 0 saturated carbocycles. The molecule has 22 heavy (non-hydrogen) atoms. The van der Waals surface area contributed by atoms with E-state index in [0.29, 0.717) is 27.3 Å². The molecule has 0 aromatic carbocycles. The van der Waals surface area contributed by atoms with Crippen LogP contribution in [0.4, 0.5) is 0 Å². The maximum Gasteiger partial charge on any atom is 0.213 e. The number of aromatic amines is 1. The van der Waals surface area contributed by atoms with Crippen molar-refractivity contribution in [3.63, 3.8) is 0 Å². The van der Waals surface area contributed by atoms with Gasteiger partial charge in [-0.15, -0.1) is 0 Å². The summed E-state index contributed by atoms with van der Waals surface area (Å²) in [6.45, 7) is 3.40. The fourth-order valence-electron chi connectivity index (χ4n) is 2.32. The standard InChI is InChI=1S/C15H13BrN4O2/c1-7-14-10(15(16)20-19-14)4-12(18-7)9-5-13(22-3)17-6-11(9)8(2)21/h4-6H,1-3H3,(H,19,20). The predicted octanol–water partition coefficient (Wildman–Crippen LogP) is 3.30. The zero-order valence-electron chi connectivity index (χ0n) is 12.3. The van der Waals surface area contributed by atoms with Crippen molar-refractivity contribution in [2.75, 3.05) is 7.11 Å². The number of rotatable bonds is 3. The number of fused-ring (bicyclic) bond motifs is 1. The number of Topliss-reactive ketones (excluding diaryl/α,β-unsaturated/α-hetero) is 1. The van der Waals surface area contributed by atoms with Crippen LogP contribution < -0.4 is 4.74 Å². The number of hydrogen-bond acceptors (Lipinski definition) is 5. The number of pyridine rings is 2. The highest BCUT2D eigenvalue weighted by Gasteiger charge is 2.16. The van der Waals surface area contributed by atoms with Gasteiger partial charge >= 0.3 is 0 Å². The largest absolute Gasteiger partial charge is 0.481 e. The molecule has 7 heteroatoms. The molecule has 0 spiro atoms. The van der Waals surface area contributed by atoms with E-state index in [-0.39, 0.29) is 5.78 Å². The summed E-state index contributed by atoms with van der Waals surface area (Å²) in [6, 6.07) is 3.61. The topological polar surface area (TPSA) is 80.8 Å². The average Bonchev–Trinajstić information content (AvgIpc) is 2.88. The number of halogens is 1. The van der Waals surface area contributed by atoms with Gasteiger partial charge in [0.2, 0.25) is 5.88 Å². The number of hydrogen-bond donors (Lipinski definition) is 1. The van der Waals surface area contributed by atoms with E-state index in [4.69, 9.17) is 4.74 Å². The zero-order chi connectivity index (χ0) is 15.9. The fourth-order valence-corrected chi connectivity index (χ4v) is 2.72. The van der Waals surface area contributed by atoms with Gasteiger partial charge in [-0.05, 0) is 35.8 Å². The second kappa shape index (κ2) is 5.49. The Labute approximate surface area is 135 Å². The maximum atomic E-state index is 11.9. The minimum Gasteiger partial charge on any atom is -0.481 e. The lowest BCUT2D eigenvalue weighted by Crippen LogP contribution is -2.01. The van der Waals surface area contributed by atoms with Gasteiger partial charge in [-0.1, -0.05) is 0 Å². The van der Waals surface area contributed by atoms with Gasteiger partial charge in [-0.2, -0.15) is 5.10 Å². The number of nitrogens with one attached hydrogen (secondary N) is 1. The van der Waals surface area contributed by atoms with Crippen LogP contribution in [0.3, 0.4) is 0 Å². The highest BCUT2D eigenvalue weighted by Crippen LogP contribution is 2.31. The van der Waals surface area contributed by atoms with Crippen LogP contribution in [-0.4, -0.2) is 33.1 Å². The van der Waals surface area contributed by atoms with Gasteiger partial charge in [-0.3, -0.25) is 14.9 Å². The Morgan fingerprint density at radius 1 is 1.36 bits per heavy atom. The van der Waals surface area contributed by atoms with E-state index in [0.717, 1.165) is 16.6 Å². The molecule has 6 nitrogen and oxygen atoms in total. The Balaban J connectivity index is 2.30. The first kappa shape index (κ1) is 14.6. The van der Waals surface area contributed by atoms with Gasteiger partial charge in [-0.25, -0.2) is 4.98 Å². The molecule has 0 radical (unpaired) electrons. The van der Waals surface area contributed by atoms with Crippen molar-refractivity contribution in [1.82, 2.24) is 20.2 Å². The van der Waals surface area contributed by atoms with E-state index in [2.05, 4.69) is 36.1 Å². The SMILES string of the molecule is COc1cc(-c2cc3c(Br)n[nH]c3c(C)n2)c(C(C)=O)cn1. The number of ether oxygens (including phenoxy) is 1. The summed E-state index contributed by atoms with van der Waals surface area (Å²) in [5.74, 6) is 0.363. The third-order valence-corrected chi connectivity index (χ3v) is 4.04. The number of carbonyl (C=O) groups is 1. The highest BCUT2D eigenvalue weighted by molar-refractivity contribution is 9.10. The first-order valence-electron chi connectivity index (χ1n) is 6.58. The average molecular weight is 361 g/mol. The van der Waals surface area contributed by atoms with Crippen molar-refractivity contribution in [3.05, 3.63) is 34.2 Å². The second-order valence-electron chi connectivity index (χ2n) is 4.86. The number of ketones is 1. The van der Waals surface area contributed by atoms with Crippen molar-refractivity contribution in [2.45, 2.75) is 13.8 Å². The van der Waals surface area contributed by atoms with Crippen molar-refractivity contribution in [2.24, 2.45) is 0 Å². The monoisotopic (exact) mass is 360 g/mol. The van der Waals surface area contributed by atoms with Crippen molar-refractivity contribution >= 4 is 32.6 Å². The summed E-state index contributed by atoms with van der Waals surface area (Å²) < 4.78 is 5.87. The number of methoxy groups -OCH3 is 1. The van der Waals surface area contributed by atoms with Gasteiger partial charge in [0.1, 0.15) is 4.60 Å². The summed E-state index contributed by atoms with van der Waals surface area (Å²) >= 11 is 3.41. The van der Waals surface area contributed by atoms with Crippen molar-refractivity contribution in [3.8, 4) is 17.1 Å². The molecule has 3 aromatic heterocycles. The van der Waals surface area contributed by atoms with Gasteiger partial charge in [0.25, 0.3) is 0 Å². The van der Waals surface area contributed by atoms with Gasteiger partial charge in [0.15, 0.2) is 5.78 Å². The molecule has 0 amide bonds. The van der Waals surface area contributed by atoms with Gasteiger partial charge in [0.05, 0.1) is 24.0 Å². The molecule has 3 rings (SSSR count). The molecule has 1 N–H and O–H groups in total. The van der Waals surface area contributed by atoms with Crippen LogP contribution in [0.5, 0.6) is 5.88 Å². The Bertz CT molecular complexity index is 889. The van der Waals surface area contributed by atoms with Gasteiger partial charge < -0.3 is 4.74 Å². The Kier molecular flexibility index (Phi) is 3.66. The minimum atomic E-state index is -0.0732. The molecule has 0 bridgehead atoms. The molecule has 0 aliphatic carbocycles. The van der Waals surface area contributed by atoms with Crippen LogP contribution in [0.15, 0.2) is 22.9 Å². The fraction of sp³-hybridized carbons (Fsp3) is 0.200. The third-order valence-electron chi connectivity index (χ3n) is 3.43. The lowest BCUT2D eigenvalue weighted by atomic mass is 10.0. The molecule has 0 aliphatic heterocycles. The van der Waals surface area contributed by atoms with E-state index in [1.807, 2.05) is 13.0 Å². The number of aromatic nitrogens is 4. The summed E-state index contributed by atoms with van der Waals surface area (Å²) in [5, 5.41) is 7.97. The quantitative estimate of drug-likeness (QED) is 0.724. The first-order valence-corrected chi connectivity index (χ1v) is 7.37.